The molecule has 0 spiro atoms. The lowest BCUT2D eigenvalue weighted by Gasteiger charge is -2.10. The van der Waals surface area contributed by atoms with Gasteiger partial charge >= 0.3 is 6.18 Å². The predicted molar refractivity (Wildman–Crippen MR) is 102 cm³/mol. The Balaban J connectivity index is 1.77. The molecule has 0 saturated carbocycles. The van der Waals surface area contributed by atoms with Crippen LogP contribution in [0, 0.1) is 0 Å². The van der Waals surface area contributed by atoms with Gasteiger partial charge in [0.15, 0.2) is 22.8 Å². The van der Waals surface area contributed by atoms with E-state index in [9.17, 15) is 18.0 Å². The van der Waals surface area contributed by atoms with Crippen LogP contribution in [0.4, 0.5) is 18.9 Å². The van der Waals surface area contributed by atoms with Crippen LogP contribution in [-0.2, 0) is 6.18 Å². The van der Waals surface area contributed by atoms with E-state index in [1.54, 1.807) is 12.1 Å². The SMILES string of the molecule is COc1ccc(Cl)cc1NC(=O)c1cc2nc(-c3ccco3)cc(C(F)(F)F)n2n1. The molecule has 7 nitrogen and oxygen atoms in total. The van der Waals surface area contributed by atoms with Crippen LogP contribution in [-0.4, -0.2) is 27.6 Å². The molecular formula is C19H12ClF3N4O3. The van der Waals surface area contributed by atoms with Crippen LogP contribution >= 0.6 is 11.6 Å². The predicted octanol–water partition coefficient (Wildman–Crippen LogP) is 4.92. The maximum absolute atomic E-state index is 13.6. The molecule has 30 heavy (non-hydrogen) atoms. The highest BCUT2D eigenvalue weighted by Crippen LogP contribution is 2.33. The van der Waals surface area contributed by atoms with Crippen molar-refractivity contribution < 1.29 is 27.1 Å². The molecule has 0 aliphatic rings. The number of carbonyl (C=O) groups is 1. The summed E-state index contributed by atoms with van der Waals surface area (Å²) in [5.74, 6) is -0.279. The van der Waals surface area contributed by atoms with E-state index >= 15 is 0 Å². The molecule has 4 rings (SSSR count). The van der Waals surface area contributed by atoms with Gasteiger partial charge in [0.1, 0.15) is 11.4 Å². The molecule has 0 saturated heterocycles. The van der Waals surface area contributed by atoms with E-state index < -0.39 is 17.8 Å². The summed E-state index contributed by atoms with van der Waals surface area (Å²) in [6.07, 6.45) is -3.42. The highest BCUT2D eigenvalue weighted by molar-refractivity contribution is 6.31. The first-order chi connectivity index (χ1) is 14.3. The van der Waals surface area contributed by atoms with E-state index in [-0.39, 0.29) is 28.5 Å². The summed E-state index contributed by atoms with van der Waals surface area (Å²) in [5.41, 5.74) is -1.33. The Morgan fingerprint density at radius 1 is 1.23 bits per heavy atom. The number of alkyl halides is 3. The minimum Gasteiger partial charge on any atom is -0.495 e. The van der Waals surface area contributed by atoms with Gasteiger partial charge in [-0.3, -0.25) is 4.79 Å². The van der Waals surface area contributed by atoms with Gasteiger partial charge in [0.05, 0.1) is 19.1 Å². The molecule has 0 atom stereocenters. The van der Waals surface area contributed by atoms with Crippen molar-refractivity contribution in [3.63, 3.8) is 0 Å². The number of furan rings is 1. The van der Waals surface area contributed by atoms with E-state index in [0.29, 0.717) is 15.3 Å². The topological polar surface area (TPSA) is 81.7 Å². The summed E-state index contributed by atoms with van der Waals surface area (Å²) in [6.45, 7) is 0. The van der Waals surface area contributed by atoms with Crippen LogP contribution < -0.4 is 10.1 Å². The van der Waals surface area contributed by atoms with Crippen molar-refractivity contribution in [1.29, 1.82) is 0 Å². The molecule has 0 radical (unpaired) electrons. The molecule has 11 heteroatoms. The number of rotatable bonds is 4. The van der Waals surface area contributed by atoms with Crippen molar-refractivity contribution in [1.82, 2.24) is 14.6 Å². The molecule has 0 fully saturated rings. The van der Waals surface area contributed by atoms with Crippen molar-refractivity contribution in [3.05, 3.63) is 65.1 Å². The molecule has 154 valence electrons. The molecule has 0 aliphatic heterocycles. The number of fused-ring (bicyclic) bond motifs is 1. The third-order valence-electron chi connectivity index (χ3n) is 4.13. The van der Waals surface area contributed by atoms with Crippen molar-refractivity contribution in [2.24, 2.45) is 0 Å². The standard InChI is InChI=1S/C19H12ClF3N4O3/c1-29-14-5-4-10(20)7-11(14)25-18(28)13-9-17-24-12(15-3-2-6-30-15)8-16(19(21,22)23)27(17)26-13/h2-9H,1H3,(H,25,28). The average Bonchev–Trinajstić information content (AvgIpc) is 3.36. The zero-order chi connectivity index (χ0) is 21.5. The summed E-state index contributed by atoms with van der Waals surface area (Å²) >= 11 is 5.93. The number of nitrogens with zero attached hydrogens (tertiary/aromatic N) is 3. The fourth-order valence-electron chi connectivity index (χ4n) is 2.80. The van der Waals surface area contributed by atoms with Crippen molar-refractivity contribution in [3.8, 4) is 17.2 Å². The first-order valence-electron chi connectivity index (χ1n) is 8.43. The molecule has 3 aromatic heterocycles. The lowest BCUT2D eigenvalue weighted by atomic mass is 10.2. The largest absolute Gasteiger partial charge is 0.495 e. The minimum atomic E-state index is -4.74. The van der Waals surface area contributed by atoms with Gasteiger partial charge in [0.2, 0.25) is 0 Å². The summed E-state index contributed by atoms with van der Waals surface area (Å²) in [7, 11) is 1.40. The third-order valence-corrected chi connectivity index (χ3v) is 4.37. The number of carbonyl (C=O) groups excluding carboxylic acids is 1. The average molecular weight is 437 g/mol. The third kappa shape index (κ3) is 3.69. The lowest BCUT2D eigenvalue weighted by Crippen LogP contribution is -2.16. The Kier molecular flexibility index (Phi) is 4.86. The second kappa shape index (κ2) is 7.38. The maximum atomic E-state index is 13.6. The second-order valence-electron chi connectivity index (χ2n) is 6.10. The molecule has 1 amide bonds. The Bertz CT molecular complexity index is 1240. The van der Waals surface area contributed by atoms with Crippen LogP contribution in [0.5, 0.6) is 5.75 Å². The number of amides is 1. The zero-order valence-electron chi connectivity index (χ0n) is 15.2. The highest BCUT2D eigenvalue weighted by atomic mass is 35.5. The second-order valence-corrected chi connectivity index (χ2v) is 6.54. The van der Waals surface area contributed by atoms with Gasteiger partial charge in [-0.25, -0.2) is 9.50 Å². The Labute approximate surface area is 172 Å². The van der Waals surface area contributed by atoms with Gasteiger partial charge in [-0.2, -0.15) is 18.3 Å². The Hall–Kier alpha value is -3.53. The van der Waals surface area contributed by atoms with Crippen LogP contribution in [0.1, 0.15) is 16.2 Å². The number of halogens is 4. The molecule has 3 heterocycles. The number of benzene rings is 1. The van der Waals surface area contributed by atoms with Crippen molar-refractivity contribution in [2.75, 3.05) is 12.4 Å². The smallest absolute Gasteiger partial charge is 0.433 e. The minimum absolute atomic E-state index is 0.0387. The van der Waals surface area contributed by atoms with Crippen molar-refractivity contribution >= 4 is 28.8 Å². The lowest BCUT2D eigenvalue weighted by molar-refractivity contribution is -0.142. The van der Waals surface area contributed by atoms with Crippen LogP contribution in [0.25, 0.3) is 17.1 Å². The number of anilines is 1. The first-order valence-corrected chi connectivity index (χ1v) is 8.81. The summed E-state index contributed by atoms with van der Waals surface area (Å²) in [4.78, 5) is 16.8. The fourth-order valence-corrected chi connectivity index (χ4v) is 2.97. The number of ether oxygens (including phenoxy) is 1. The Morgan fingerprint density at radius 2 is 2.03 bits per heavy atom. The molecule has 0 unspecified atom stereocenters. The first kappa shape index (κ1) is 19.8. The van der Waals surface area contributed by atoms with Gasteiger partial charge in [-0.05, 0) is 36.4 Å². The van der Waals surface area contributed by atoms with Gasteiger partial charge in [0.25, 0.3) is 5.91 Å². The zero-order valence-corrected chi connectivity index (χ0v) is 16.0. The van der Waals surface area contributed by atoms with Gasteiger partial charge in [-0.1, -0.05) is 11.6 Å². The van der Waals surface area contributed by atoms with Crippen molar-refractivity contribution in [2.45, 2.75) is 6.18 Å². The van der Waals surface area contributed by atoms with E-state index in [0.717, 1.165) is 12.1 Å². The maximum Gasteiger partial charge on any atom is 0.433 e. The number of hydrogen-bond donors (Lipinski definition) is 1. The van der Waals surface area contributed by atoms with Crippen LogP contribution in [0.3, 0.4) is 0 Å². The van der Waals surface area contributed by atoms with Gasteiger partial charge < -0.3 is 14.5 Å². The fraction of sp³-hybridized carbons (Fsp3) is 0.105. The highest BCUT2D eigenvalue weighted by Gasteiger charge is 2.36. The van der Waals surface area contributed by atoms with E-state index in [4.69, 9.17) is 20.8 Å². The Morgan fingerprint density at radius 3 is 2.70 bits per heavy atom. The molecule has 1 N–H and O–H groups in total. The summed E-state index contributed by atoms with van der Waals surface area (Å²) in [5, 5.41) is 6.66. The number of methoxy groups -OCH3 is 1. The number of hydrogen-bond acceptors (Lipinski definition) is 5. The summed E-state index contributed by atoms with van der Waals surface area (Å²) < 4.78 is 51.6. The molecule has 0 bridgehead atoms. The number of nitrogens with one attached hydrogen (secondary N) is 1. The van der Waals surface area contributed by atoms with Gasteiger partial charge in [-0.15, -0.1) is 0 Å². The van der Waals surface area contributed by atoms with E-state index in [2.05, 4.69) is 15.4 Å². The van der Waals surface area contributed by atoms with Crippen LogP contribution in [0.15, 0.2) is 53.1 Å². The molecule has 4 aromatic rings. The molecule has 1 aromatic carbocycles. The monoisotopic (exact) mass is 436 g/mol. The van der Waals surface area contributed by atoms with Crippen LogP contribution in [0.2, 0.25) is 5.02 Å². The summed E-state index contributed by atoms with van der Waals surface area (Å²) in [6, 6.07) is 9.52. The molecular weight excluding hydrogens is 425 g/mol. The number of aromatic nitrogens is 3. The van der Waals surface area contributed by atoms with E-state index in [1.807, 2.05) is 0 Å². The van der Waals surface area contributed by atoms with E-state index in [1.165, 1.54) is 31.6 Å². The normalized spacial score (nSPS) is 11.6. The van der Waals surface area contributed by atoms with Gasteiger partial charge in [0, 0.05) is 11.1 Å². The molecule has 0 aliphatic carbocycles. The quantitative estimate of drug-likeness (QED) is 0.491.